The lowest BCUT2D eigenvalue weighted by Gasteiger charge is -2.15. The van der Waals surface area contributed by atoms with Crippen LogP contribution in [0.2, 0.25) is 0 Å². The largest absolute Gasteiger partial charge is 0.378 e. The minimum Gasteiger partial charge on any atom is -0.378 e. The van der Waals surface area contributed by atoms with Crippen molar-refractivity contribution in [1.82, 2.24) is 4.31 Å². The predicted molar refractivity (Wildman–Crippen MR) is 74.4 cm³/mol. The van der Waals surface area contributed by atoms with Crippen LogP contribution in [0.25, 0.3) is 0 Å². The molecule has 1 aromatic rings. The molecule has 1 fully saturated rings. The highest BCUT2D eigenvalue weighted by molar-refractivity contribution is 7.89. The maximum absolute atomic E-state index is 11.6. The van der Waals surface area contributed by atoms with E-state index in [1.54, 1.807) is 4.31 Å². The van der Waals surface area contributed by atoms with Gasteiger partial charge in [0.15, 0.2) is 0 Å². The van der Waals surface area contributed by atoms with Crippen LogP contribution in [-0.2, 0) is 16.4 Å². The predicted octanol–water partition coefficient (Wildman–Crippen LogP) is 1.33. The molecule has 100 valence electrons. The molecule has 2 rings (SSSR count). The topological polar surface area (TPSA) is 40.6 Å². The molecule has 0 saturated carbocycles. The Morgan fingerprint density at radius 1 is 1.22 bits per heavy atom. The molecule has 0 N–H and O–H groups in total. The first-order valence-corrected chi connectivity index (χ1v) is 7.84. The van der Waals surface area contributed by atoms with Crippen molar-refractivity contribution < 1.29 is 8.42 Å². The van der Waals surface area contributed by atoms with Gasteiger partial charge in [-0.05, 0) is 30.5 Å². The molecule has 1 heterocycles. The van der Waals surface area contributed by atoms with Crippen LogP contribution in [0.3, 0.4) is 0 Å². The summed E-state index contributed by atoms with van der Waals surface area (Å²) in [4.78, 5) is 2.05. The molecule has 0 amide bonds. The van der Waals surface area contributed by atoms with E-state index >= 15 is 0 Å². The lowest BCUT2D eigenvalue weighted by atomic mass is 10.1. The molecule has 0 aliphatic carbocycles. The Balaban J connectivity index is 1.94. The average Bonchev–Trinajstić information content (AvgIpc) is 2.66. The van der Waals surface area contributed by atoms with E-state index in [9.17, 15) is 8.42 Å². The molecule has 1 aliphatic heterocycles. The van der Waals surface area contributed by atoms with Crippen molar-refractivity contribution >= 4 is 15.7 Å². The first kappa shape index (κ1) is 13.4. The van der Waals surface area contributed by atoms with E-state index in [-0.39, 0.29) is 0 Å². The van der Waals surface area contributed by atoms with Crippen molar-refractivity contribution in [3.05, 3.63) is 29.8 Å². The van der Waals surface area contributed by atoms with Crippen LogP contribution >= 0.6 is 0 Å². The van der Waals surface area contributed by atoms with Crippen molar-refractivity contribution in [3.63, 3.8) is 0 Å². The highest BCUT2D eigenvalue weighted by Gasteiger charge is 2.27. The van der Waals surface area contributed by atoms with Gasteiger partial charge in [-0.1, -0.05) is 12.1 Å². The summed E-state index contributed by atoms with van der Waals surface area (Å²) in [6.45, 7) is 1.28. The summed E-state index contributed by atoms with van der Waals surface area (Å²) in [5.74, 6) is 0.312. The van der Waals surface area contributed by atoms with E-state index in [0.717, 1.165) is 18.5 Å². The Morgan fingerprint density at radius 2 is 1.89 bits per heavy atom. The zero-order valence-electron chi connectivity index (χ0n) is 11.0. The number of sulfonamides is 1. The Morgan fingerprint density at radius 3 is 2.39 bits per heavy atom. The van der Waals surface area contributed by atoms with Crippen LogP contribution in [0, 0.1) is 0 Å². The van der Waals surface area contributed by atoms with Gasteiger partial charge in [-0.25, -0.2) is 12.7 Å². The molecule has 4 nitrogen and oxygen atoms in total. The van der Waals surface area contributed by atoms with Crippen LogP contribution in [0.4, 0.5) is 5.69 Å². The van der Waals surface area contributed by atoms with Crippen LogP contribution < -0.4 is 4.90 Å². The Kier molecular flexibility index (Phi) is 3.92. The van der Waals surface area contributed by atoms with Gasteiger partial charge in [0.2, 0.25) is 10.0 Å². The van der Waals surface area contributed by atoms with Crippen LogP contribution in [0.1, 0.15) is 12.0 Å². The number of hydrogen-bond donors (Lipinski definition) is 0. The van der Waals surface area contributed by atoms with Crippen LogP contribution in [0.5, 0.6) is 0 Å². The third-order valence-corrected chi connectivity index (χ3v) is 5.26. The van der Waals surface area contributed by atoms with Gasteiger partial charge in [0.05, 0.1) is 5.75 Å². The molecule has 0 radical (unpaired) electrons. The van der Waals surface area contributed by atoms with Gasteiger partial charge in [0.1, 0.15) is 0 Å². The lowest BCUT2D eigenvalue weighted by Crippen LogP contribution is -2.27. The quantitative estimate of drug-likeness (QED) is 0.827. The van der Waals surface area contributed by atoms with Crippen molar-refractivity contribution in [3.8, 4) is 0 Å². The summed E-state index contributed by atoms with van der Waals surface area (Å²) in [6.07, 6.45) is 1.55. The standard InChI is InChI=1S/C13H20N2O2S/c1-14(2)13-6-4-12(5-7-13)8-10-15-9-3-11-18(15,16)17/h4-7H,3,8-11H2,1-2H3. The first-order chi connectivity index (χ1) is 8.49. The Hall–Kier alpha value is -1.07. The SMILES string of the molecule is CN(C)c1ccc(CCN2CCCS2(=O)=O)cc1. The fraction of sp³-hybridized carbons (Fsp3) is 0.538. The molecular formula is C13H20N2O2S. The minimum atomic E-state index is -2.95. The Bertz CT molecular complexity index is 494. The van der Waals surface area contributed by atoms with Gasteiger partial charge in [-0.15, -0.1) is 0 Å². The zero-order chi connectivity index (χ0) is 13.2. The number of nitrogens with zero attached hydrogens (tertiary/aromatic N) is 2. The number of rotatable bonds is 4. The van der Waals surface area contributed by atoms with E-state index in [1.165, 1.54) is 5.56 Å². The Labute approximate surface area is 109 Å². The second-order valence-electron chi connectivity index (χ2n) is 4.88. The fourth-order valence-electron chi connectivity index (χ4n) is 2.16. The van der Waals surface area contributed by atoms with E-state index in [1.807, 2.05) is 14.1 Å². The van der Waals surface area contributed by atoms with Gasteiger partial charge < -0.3 is 4.90 Å². The number of hydrogen-bond acceptors (Lipinski definition) is 3. The van der Waals surface area contributed by atoms with Crippen molar-refractivity contribution in [1.29, 1.82) is 0 Å². The average molecular weight is 268 g/mol. The highest BCUT2D eigenvalue weighted by atomic mass is 32.2. The molecular weight excluding hydrogens is 248 g/mol. The van der Waals surface area contributed by atoms with Crippen molar-refractivity contribution in [2.45, 2.75) is 12.8 Å². The second kappa shape index (κ2) is 5.28. The smallest absolute Gasteiger partial charge is 0.214 e. The third-order valence-electron chi connectivity index (χ3n) is 3.31. The molecule has 18 heavy (non-hydrogen) atoms. The summed E-state index contributed by atoms with van der Waals surface area (Å²) in [5.41, 5.74) is 2.34. The minimum absolute atomic E-state index is 0.312. The van der Waals surface area contributed by atoms with Gasteiger partial charge in [-0.2, -0.15) is 0 Å². The molecule has 0 unspecified atom stereocenters. The highest BCUT2D eigenvalue weighted by Crippen LogP contribution is 2.16. The lowest BCUT2D eigenvalue weighted by molar-refractivity contribution is 0.447. The molecule has 0 bridgehead atoms. The molecule has 0 aromatic heterocycles. The summed E-state index contributed by atoms with van der Waals surface area (Å²) in [5, 5.41) is 0. The number of anilines is 1. The van der Waals surface area contributed by atoms with E-state index in [4.69, 9.17) is 0 Å². The molecule has 1 aromatic carbocycles. The number of benzene rings is 1. The maximum Gasteiger partial charge on any atom is 0.214 e. The third kappa shape index (κ3) is 3.03. The van der Waals surface area contributed by atoms with Crippen molar-refractivity contribution in [2.75, 3.05) is 37.8 Å². The monoisotopic (exact) mass is 268 g/mol. The van der Waals surface area contributed by atoms with E-state index < -0.39 is 10.0 Å². The van der Waals surface area contributed by atoms with Crippen LogP contribution in [-0.4, -0.2) is 45.7 Å². The summed E-state index contributed by atoms with van der Waals surface area (Å²) < 4.78 is 24.9. The van der Waals surface area contributed by atoms with Gasteiger partial charge in [0, 0.05) is 32.9 Å². The summed E-state index contributed by atoms with van der Waals surface area (Å²) >= 11 is 0. The molecule has 5 heteroatoms. The zero-order valence-corrected chi connectivity index (χ0v) is 11.8. The second-order valence-corrected chi connectivity index (χ2v) is 6.97. The molecule has 1 saturated heterocycles. The van der Waals surface area contributed by atoms with Crippen molar-refractivity contribution in [2.24, 2.45) is 0 Å². The molecule has 1 aliphatic rings. The molecule has 0 spiro atoms. The van der Waals surface area contributed by atoms with E-state index in [0.29, 0.717) is 18.8 Å². The van der Waals surface area contributed by atoms with E-state index in [2.05, 4.69) is 29.2 Å². The normalized spacial score (nSPS) is 19.0. The maximum atomic E-state index is 11.6. The van der Waals surface area contributed by atoms with Gasteiger partial charge >= 0.3 is 0 Å². The molecule has 0 atom stereocenters. The van der Waals surface area contributed by atoms with Crippen LogP contribution in [0.15, 0.2) is 24.3 Å². The fourth-order valence-corrected chi connectivity index (χ4v) is 3.69. The van der Waals surface area contributed by atoms with Gasteiger partial charge in [0.25, 0.3) is 0 Å². The first-order valence-electron chi connectivity index (χ1n) is 6.23. The summed E-state index contributed by atoms with van der Waals surface area (Å²) in [6, 6.07) is 8.26. The summed E-state index contributed by atoms with van der Waals surface area (Å²) in [7, 11) is 1.06. The van der Waals surface area contributed by atoms with Gasteiger partial charge in [-0.3, -0.25) is 0 Å².